The molecular weight excluding hydrogens is 358 g/mol. The molecule has 8 heteroatoms. The minimum Gasteiger partial charge on any atom is -0.340 e. The molecule has 6 nitrogen and oxygen atoms in total. The van der Waals surface area contributed by atoms with Crippen LogP contribution in [0.4, 0.5) is 0 Å². The summed E-state index contributed by atoms with van der Waals surface area (Å²) in [7, 11) is -1.43. The monoisotopic (exact) mass is 383 g/mol. The Morgan fingerprint density at radius 2 is 2.04 bits per heavy atom. The predicted octanol–water partition coefficient (Wildman–Crippen LogP) is 2.72. The Bertz CT molecular complexity index is 876. The molecule has 1 fully saturated rings. The summed E-state index contributed by atoms with van der Waals surface area (Å²) < 4.78 is 26.7. The molecule has 2 aromatic rings. The molecular formula is C17H25N3O3S2. The number of imidazole rings is 1. The van der Waals surface area contributed by atoms with Crippen LogP contribution in [0.25, 0.3) is 4.96 Å². The van der Waals surface area contributed by atoms with E-state index in [1.165, 1.54) is 4.88 Å². The Hall–Kier alpha value is -1.41. The molecule has 0 radical (unpaired) electrons. The lowest BCUT2D eigenvalue weighted by Gasteiger charge is -2.18. The van der Waals surface area contributed by atoms with E-state index in [9.17, 15) is 13.2 Å². The van der Waals surface area contributed by atoms with Gasteiger partial charge in [-0.1, -0.05) is 12.8 Å². The maximum Gasteiger partial charge on any atom is 0.223 e. The van der Waals surface area contributed by atoms with Crippen LogP contribution in [0, 0.1) is 13.8 Å². The third kappa shape index (κ3) is 3.89. The number of aryl methyl sites for hydroxylation is 2. The van der Waals surface area contributed by atoms with E-state index >= 15 is 0 Å². The quantitative estimate of drug-likeness (QED) is 0.769. The maximum absolute atomic E-state index is 12.4. The van der Waals surface area contributed by atoms with Gasteiger partial charge in [-0.2, -0.15) is 0 Å². The van der Waals surface area contributed by atoms with E-state index in [0.717, 1.165) is 42.0 Å². The predicted molar refractivity (Wildman–Crippen MR) is 99.7 cm³/mol. The Morgan fingerprint density at radius 3 is 2.72 bits per heavy atom. The van der Waals surface area contributed by atoms with Crippen LogP contribution in [0.2, 0.25) is 0 Å². The molecule has 3 rings (SSSR count). The lowest BCUT2D eigenvalue weighted by atomic mass is 10.3. The van der Waals surface area contributed by atoms with Crippen LogP contribution < -0.4 is 0 Å². The molecule has 0 bridgehead atoms. The van der Waals surface area contributed by atoms with Gasteiger partial charge in [-0.25, -0.2) is 13.4 Å². The zero-order valence-corrected chi connectivity index (χ0v) is 16.6. The number of hydrogen-bond acceptors (Lipinski definition) is 5. The number of thiazole rings is 1. The van der Waals surface area contributed by atoms with Crippen LogP contribution in [-0.2, 0) is 21.2 Å². The molecule has 0 atom stereocenters. The van der Waals surface area contributed by atoms with E-state index in [1.807, 2.05) is 24.4 Å². The van der Waals surface area contributed by atoms with Gasteiger partial charge in [-0.3, -0.25) is 9.20 Å². The minimum atomic E-state index is -3.15. The summed E-state index contributed by atoms with van der Waals surface area (Å²) in [5.41, 5.74) is 1.89. The summed E-state index contributed by atoms with van der Waals surface area (Å²) in [5, 5.41) is -0.240. The van der Waals surface area contributed by atoms with Crippen molar-refractivity contribution in [1.29, 1.82) is 0 Å². The largest absolute Gasteiger partial charge is 0.340 e. The van der Waals surface area contributed by atoms with Crippen LogP contribution in [0.5, 0.6) is 0 Å². The third-order valence-electron chi connectivity index (χ3n) is 4.96. The van der Waals surface area contributed by atoms with Gasteiger partial charge in [0.2, 0.25) is 5.91 Å². The van der Waals surface area contributed by atoms with Crippen molar-refractivity contribution in [2.24, 2.45) is 0 Å². The van der Waals surface area contributed by atoms with Gasteiger partial charge in [-0.15, -0.1) is 11.3 Å². The minimum absolute atomic E-state index is 0.0425. The summed E-state index contributed by atoms with van der Waals surface area (Å²) >= 11 is 1.62. The molecule has 0 aliphatic heterocycles. The molecule has 0 N–H and O–H groups in total. The number of carbonyl (C=O) groups excluding carboxylic acids is 1. The van der Waals surface area contributed by atoms with Crippen molar-refractivity contribution in [3.05, 3.63) is 22.5 Å². The highest BCUT2D eigenvalue weighted by Crippen LogP contribution is 2.26. The van der Waals surface area contributed by atoms with Gasteiger partial charge in [0.25, 0.3) is 0 Å². The maximum atomic E-state index is 12.4. The van der Waals surface area contributed by atoms with Crippen LogP contribution in [0.3, 0.4) is 0 Å². The van der Waals surface area contributed by atoms with Crippen molar-refractivity contribution >= 4 is 32.0 Å². The summed E-state index contributed by atoms with van der Waals surface area (Å²) in [5.74, 6) is -0.179. The number of aromatic nitrogens is 2. The first-order valence-corrected chi connectivity index (χ1v) is 11.2. The average Bonchev–Trinajstić information content (AvgIpc) is 3.24. The van der Waals surface area contributed by atoms with E-state index in [0.29, 0.717) is 6.54 Å². The highest BCUT2D eigenvalue weighted by Gasteiger charge is 2.29. The van der Waals surface area contributed by atoms with Crippen LogP contribution in [0.15, 0.2) is 6.20 Å². The van der Waals surface area contributed by atoms with Gasteiger partial charge in [0.15, 0.2) is 14.8 Å². The molecule has 138 valence electrons. The number of sulfone groups is 1. The number of fused-ring (bicyclic) bond motifs is 1. The highest BCUT2D eigenvalue weighted by atomic mass is 32.2. The number of rotatable bonds is 6. The van der Waals surface area contributed by atoms with E-state index < -0.39 is 9.84 Å². The normalized spacial score (nSPS) is 16.0. The van der Waals surface area contributed by atoms with E-state index in [2.05, 4.69) is 4.98 Å². The van der Waals surface area contributed by atoms with Crippen LogP contribution in [-0.4, -0.2) is 46.7 Å². The summed E-state index contributed by atoms with van der Waals surface area (Å²) in [6, 6.07) is 0. The molecule has 1 saturated carbocycles. The van der Waals surface area contributed by atoms with Gasteiger partial charge >= 0.3 is 0 Å². The van der Waals surface area contributed by atoms with Crippen molar-refractivity contribution in [3.63, 3.8) is 0 Å². The fourth-order valence-corrected chi connectivity index (χ4v) is 6.18. The molecule has 25 heavy (non-hydrogen) atoms. The first kappa shape index (κ1) is 18.4. The van der Waals surface area contributed by atoms with Crippen molar-refractivity contribution in [3.8, 4) is 0 Å². The second kappa shape index (κ2) is 7.07. The van der Waals surface area contributed by atoms with Gasteiger partial charge in [0, 0.05) is 24.5 Å². The molecule has 2 heterocycles. The first-order valence-electron chi connectivity index (χ1n) is 8.67. The topological polar surface area (TPSA) is 71.8 Å². The van der Waals surface area contributed by atoms with E-state index in [1.54, 1.807) is 23.3 Å². The van der Waals surface area contributed by atoms with E-state index in [4.69, 9.17) is 0 Å². The Morgan fingerprint density at radius 1 is 1.36 bits per heavy atom. The van der Waals surface area contributed by atoms with Gasteiger partial charge in [-0.05, 0) is 26.7 Å². The number of amides is 1. The SMILES string of the molecule is Cc1cn2c(CN(C)C(=O)CCS(=O)(=O)C3CCCC3)c(C)nc2s1. The number of nitrogens with zero attached hydrogens (tertiary/aromatic N) is 3. The highest BCUT2D eigenvalue weighted by molar-refractivity contribution is 7.92. The Kier molecular flexibility index (Phi) is 5.20. The summed E-state index contributed by atoms with van der Waals surface area (Å²) in [4.78, 5) is 20.6. The van der Waals surface area contributed by atoms with Gasteiger partial charge < -0.3 is 4.90 Å². The average molecular weight is 384 g/mol. The third-order valence-corrected chi connectivity index (χ3v) is 8.12. The molecule has 1 aliphatic carbocycles. The van der Waals surface area contributed by atoms with Crippen molar-refractivity contribution in [2.45, 2.75) is 57.7 Å². The fourth-order valence-electron chi connectivity index (χ4n) is 3.45. The molecule has 2 aromatic heterocycles. The summed E-state index contributed by atoms with van der Waals surface area (Å²) in [6.45, 7) is 4.40. The van der Waals surface area contributed by atoms with Crippen molar-refractivity contribution in [1.82, 2.24) is 14.3 Å². The molecule has 0 unspecified atom stereocenters. The molecule has 0 spiro atoms. The van der Waals surface area contributed by atoms with E-state index in [-0.39, 0.29) is 23.3 Å². The van der Waals surface area contributed by atoms with Crippen molar-refractivity contribution in [2.75, 3.05) is 12.8 Å². The second-order valence-corrected chi connectivity index (χ2v) is 10.5. The van der Waals surface area contributed by atoms with Gasteiger partial charge in [0.05, 0.1) is 28.9 Å². The molecule has 1 aliphatic rings. The van der Waals surface area contributed by atoms with Crippen LogP contribution in [0.1, 0.15) is 48.4 Å². The Balaban J connectivity index is 1.63. The van der Waals surface area contributed by atoms with Crippen molar-refractivity contribution < 1.29 is 13.2 Å². The lowest BCUT2D eigenvalue weighted by Crippen LogP contribution is -2.30. The Labute approximate surface area is 152 Å². The zero-order chi connectivity index (χ0) is 18.2. The molecule has 0 aromatic carbocycles. The van der Waals surface area contributed by atoms with Crippen LogP contribution >= 0.6 is 11.3 Å². The number of carbonyl (C=O) groups is 1. The van der Waals surface area contributed by atoms with Gasteiger partial charge in [0.1, 0.15) is 0 Å². The summed E-state index contributed by atoms with van der Waals surface area (Å²) in [6.07, 6.45) is 5.54. The smallest absolute Gasteiger partial charge is 0.223 e. The fraction of sp³-hybridized carbons (Fsp3) is 0.647. The molecule has 1 amide bonds. The second-order valence-electron chi connectivity index (χ2n) is 6.91. The number of hydrogen-bond donors (Lipinski definition) is 0. The zero-order valence-electron chi connectivity index (χ0n) is 15.0. The first-order chi connectivity index (χ1) is 11.8. The lowest BCUT2D eigenvalue weighted by molar-refractivity contribution is -0.130. The standard InChI is InChI=1S/C17H25N3O3S2/c1-12-10-20-15(13(2)18-17(20)24-12)11-19(3)16(21)8-9-25(22,23)14-6-4-5-7-14/h10,14H,4-9,11H2,1-3H3. The molecule has 0 saturated heterocycles.